The maximum Gasteiger partial charge on any atom is 0.290 e. The Hall–Kier alpha value is -3.53. The number of nitrogens with zero attached hydrogens (tertiary/aromatic N) is 3. The lowest BCUT2D eigenvalue weighted by Gasteiger charge is -2.40. The lowest BCUT2D eigenvalue weighted by molar-refractivity contribution is -0.122. The summed E-state index contributed by atoms with van der Waals surface area (Å²) >= 11 is 6.28. The molecule has 0 spiro atoms. The van der Waals surface area contributed by atoms with E-state index in [0.29, 0.717) is 43.6 Å². The summed E-state index contributed by atoms with van der Waals surface area (Å²) in [5.74, 6) is -0.261. The van der Waals surface area contributed by atoms with Crippen LogP contribution in [0.4, 0.5) is 0 Å². The van der Waals surface area contributed by atoms with Gasteiger partial charge in [0.15, 0.2) is 0 Å². The highest BCUT2D eigenvalue weighted by Gasteiger charge is 2.37. The highest BCUT2D eigenvalue weighted by atomic mass is 35.5. The topological polar surface area (TPSA) is 128 Å². The van der Waals surface area contributed by atoms with Crippen LogP contribution >= 0.6 is 11.6 Å². The molecule has 5 rings (SSSR count). The van der Waals surface area contributed by atoms with E-state index < -0.39 is 0 Å². The first-order chi connectivity index (χ1) is 18.9. The fraction of sp³-hybridized carbons (Fsp3) is 0.379. The molecule has 1 aliphatic heterocycles. The maximum absolute atomic E-state index is 13.7. The van der Waals surface area contributed by atoms with E-state index in [4.69, 9.17) is 37.1 Å². The molecule has 2 aromatic carbocycles. The number of aromatic nitrogens is 2. The van der Waals surface area contributed by atoms with Crippen molar-refractivity contribution in [3.63, 3.8) is 0 Å². The highest BCUT2D eigenvalue weighted by Crippen LogP contribution is 2.42. The average molecular weight is 553 g/mol. The fourth-order valence-electron chi connectivity index (χ4n) is 5.43. The monoisotopic (exact) mass is 552 g/mol. The fourth-order valence-corrected chi connectivity index (χ4v) is 5.62. The molecule has 2 fully saturated rings. The van der Waals surface area contributed by atoms with Crippen molar-refractivity contribution in [1.29, 1.82) is 0 Å². The number of ether oxygens (including phenoxy) is 1. The molecular formula is C29H33ClN4O5. The van der Waals surface area contributed by atoms with Crippen molar-refractivity contribution >= 4 is 24.0 Å². The number of nitrogens with two attached hydrogens (primary N) is 1. The third kappa shape index (κ3) is 6.38. The number of carboxylic acid groups (broad SMARTS) is 1. The molecule has 3 aromatic rings. The number of carbonyl (C=O) groups excluding carboxylic acids is 1. The minimum Gasteiger partial charge on any atom is -0.483 e. The Labute approximate surface area is 232 Å². The quantitative estimate of drug-likeness (QED) is 0.461. The first kappa shape index (κ1) is 28.5. The Kier molecular flexibility index (Phi) is 9.50. The summed E-state index contributed by atoms with van der Waals surface area (Å²) in [7, 11) is 0. The third-order valence-corrected chi connectivity index (χ3v) is 7.85. The van der Waals surface area contributed by atoms with Crippen molar-refractivity contribution in [3.05, 3.63) is 87.2 Å². The van der Waals surface area contributed by atoms with Crippen LogP contribution in [0.3, 0.4) is 0 Å². The van der Waals surface area contributed by atoms with Gasteiger partial charge in [0.25, 0.3) is 17.9 Å². The van der Waals surface area contributed by atoms with E-state index in [1.165, 1.54) is 0 Å². The number of halogens is 1. The number of hydrogen-bond donors (Lipinski definition) is 2. The average Bonchev–Trinajstić information content (AvgIpc) is 2.98. The molecule has 0 atom stereocenters. The predicted molar refractivity (Wildman–Crippen MR) is 149 cm³/mol. The Morgan fingerprint density at radius 2 is 1.77 bits per heavy atom. The summed E-state index contributed by atoms with van der Waals surface area (Å²) in [4.78, 5) is 37.1. The van der Waals surface area contributed by atoms with Gasteiger partial charge in [-0.05, 0) is 49.4 Å². The summed E-state index contributed by atoms with van der Waals surface area (Å²) in [6.45, 7) is 2.16. The van der Waals surface area contributed by atoms with Crippen LogP contribution in [0.25, 0.3) is 11.3 Å². The van der Waals surface area contributed by atoms with Gasteiger partial charge in [-0.3, -0.25) is 14.4 Å². The van der Waals surface area contributed by atoms with Crippen LogP contribution in [0.5, 0.6) is 0 Å². The predicted octanol–water partition coefficient (Wildman–Crippen LogP) is 3.75. The molecule has 1 aliphatic carbocycles. The molecule has 2 aliphatic rings. The zero-order valence-corrected chi connectivity index (χ0v) is 22.4. The van der Waals surface area contributed by atoms with E-state index in [-0.39, 0.29) is 35.0 Å². The molecule has 1 amide bonds. The van der Waals surface area contributed by atoms with Crippen LogP contribution in [0.2, 0.25) is 5.02 Å². The molecule has 3 N–H and O–H groups in total. The number of carbonyl (C=O) groups is 2. The van der Waals surface area contributed by atoms with Gasteiger partial charge in [-0.2, -0.15) is 5.10 Å². The number of rotatable bonds is 5. The molecule has 1 aromatic heterocycles. The van der Waals surface area contributed by atoms with E-state index in [1.807, 2.05) is 48.5 Å². The van der Waals surface area contributed by atoms with Gasteiger partial charge >= 0.3 is 0 Å². The van der Waals surface area contributed by atoms with Gasteiger partial charge in [0.1, 0.15) is 5.56 Å². The summed E-state index contributed by atoms with van der Waals surface area (Å²) < 4.78 is 6.94. The van der Waals surface area contributed by atoms with Crippen molar-refractivity contribution < 1.29 is 19.4 Å². The molecule has 0 unspecified atom stereocenters. The summed E-state index contributed by atoms with van der Waals surface area (Å²) in [5, 5.41) is 12.4. The zero-order chi connectivity index (χ0) is 27.8. The summed E-state index contributed by atoms with van der Waals surface area (Å²) in [6.07, 6.45) is 3.09. The van der Waals surface area contributed by atoms with Gasteiger partial charge < -0.3 is 20.5 Å². The molecule has 9 nitrogen and oxygen atoms in total. The smallest absolute Gasteiger partial charge is 0.290 e. The van der Waals surface area contributed by atoms with Gasteiger partial charge in [-0.25, -0.2) is 4.68 Å². The van der Waals surface area contributed by atoms with Crippen molar-refractivity contribution in [3.8, 4) is 11.3 Å². The zero-order valence-electron chi connectivity index (χ0n) is 21.7. The van der Waals surface area contributed by atoms with E-state index in [1.54, 1.807) is 15.6 Å². The molecule has 0 bridgehead atoms. The van der Waals surface area contributed by atoms with Crippen molar-refractivity contribution in [2.45, 2.75) is 37.1 Å². The van der Waals surface area contributed by atoms with Crippen LogP contribution in [0.15, 0.2) is 65.5 Å². The highest BCUT2D eigenvalue weighted by molar-refractivity contribution is 6.30. The van der Waals surface area contributed by atoms with Gasteiger partial charge in [0.2, 0.25) is 0 Å². The van der Waals surface area contributed by atoms with Crippen LogP contribution in [0.1, 0.15) is 47.6 Å². The SMILES string of the molecule is NC[C@]1(c2cccc(Cl)c2)CC[C@@H](n2nc(-c3ccccc3)cc(C(=O)N3CCOCC3)c2=O)CC1.O=CO. The number of hydrogen-bond acceptors (Lipinski definition) is 6. The van der Waals surface area contributed by atoms with Crippen molar-refractivity contribution in [2.24, 2.45) is 5.73 Å². The Bertz CT molecular complexity index is 1330. The van der Waals surface area contributed by atoms with E-state index in [9.17, 15) is 9.59 Å². The number of benzene rings is 2. The minimum atomic E-state index is -0.334. The molecular weight excluding hydrogens is 520 g/mol. The molecule has 1 saturated heterocycles. The number of morpholine rings is 1. The largest absolute Gasteiger partial charge is 0.483 e. The van der Waals surface area contributed by atoms with Crippen LogP contribution in [-0.2, 0) is 14.9 Å². The maximum atomic E-state index is 13.7. The van der Waals surface area contributed by atoms with Crippen LogP contribution in [-0.4, -0.2) is 65.0 Å². The van der Waals surface area contributed by atoms with E-state index in [2.05, 4.69) is 6.07 Å². The van der Waals surface area contributed by atoms with E-state index >= 15 is 0 Å². The Morgan fingerprint density at radius 3 is 2.38 bits per heavy atom. The van der Waals surface area contributed by atoms with Gasteiger partial charge in [-0.1, -0.05) is 54.1 Å². The molecule has 10 heteroatoms. The van der Waals surface area contributed by atoms with Crippen LogP contribution < -0.4 is 11.3 Å². The lowest BCUT2D eigenvalue weighted by Crippen LogP contribution is -2.45. The first-order valence-electron chi connectivity index (χ1n) is 13.0. The summed E-state index contributed by atoms with van der Waals surface area (Å²) in [6, 6.07) is 19.1. The van der Waals surface area contributed by atoms with Crippen molar-refractivity contribution in [2.75, 3.05) is 32.8 Å². The Morgan fingerprint density at radius 1 is 1.10 bits per heavy atom. The molecule has 39 heavy (non-hydrogen) atoms. The van der Waals surface area contributed by atoms with Crippen molar-refractivity contribution in [1.82, 2.24) is 14.7 Å². The third-order valence-electron chi connectivity index (χ3n) is 7.62. The van der Waals surface area contributed by atoms with Gasteiger partial charge in [0.05, 0.1) is 24.9 Å². The normalized spacial score (nSPS) is 21.0. The summed E-state index contributed by atoms with van der Waals surface area (Å²) in [5.41, 5.74) is 8.56. The Balaban J connectivity index is 0.00000112. The molecule has 1 saturated carbocycles. The molecule has 0 radical (unpaired) electrons. The standard InChI is InChI=1S/C28H31ClN4O3.CH2O2/c29-22-8-4-7-21(17-22)28(19-30)11-9-23(10-12-28)33-27(35)24(26(34)32-13-15-36-16-14-32)18-25(31-33)20-5-2-1-3-6-20;2-1-3/h1-8,17-18,23H,9-16,19,30H2;1H,(H,2,3)/t23-,28+;. The second-order valence-corrected chi connectivity index (χ2v) is 10.2. The lowest BCUT2D eigenvalue weighted by atomic mass is 9.68. The molecule has 206 valence electrons. The van der Waals surface area contributed by atoms with Crippen LogP contribution in [0, 0.1) is 0 Å². The van der Waals surface area contributed by atoms with Gasteiger partial charge in [-0.15, -0.1) is 0 Å². The minimum absolute atomic E-state index is 0.115. The first-order valence-corrected chi connectivity index (χ1v) is 13.4. The number of amides is 1. The molecule has 2 heterocycles. The van der Waals surface area contributed by atoms with E-state index in [0.717, 1.165) is 36.8 Å². The second kappa shape index (κ2) is 13.0. The van der Waals surface area contributed by atoms with Gasteiger partial charge in [0, 0.05) is 35.6 Å². The second-order valence-electron chi connectivity index (χ2n) is 9.79.